The highest BCUT2D eigenvalue weighted by Crippen LogP contribution is 2.74. The molecule has 0 radical (unpaired) electrons. The molecule has 3 aromatic carbocycles. The number of nitrogens with zero attached hydrogens (tertiary/aromatic N) is 1. The maximum atomic E-state index is 14.4. The predicted molar refractivity (Wildman–Crippen MR) is 136 cm³/mol. The number of amides is 2. The standard InChI is InChI=1S/C31H24F3NO3/c1-3-30-23(19-13-8-5-9-14-19)22(18-11-6-4-7-12-18)29(2,28(30)38)24-25(30)27(37)35(26(24)36)21-16-10-15-20(17-21)31(32,33)34/h4-17,24-25H,3H2,1-2H3/t24-,25-,29+,30-/m1/s1. The number of hydrogen-bond donors (Lipinski definition) is 0. The molecular weight excluding hydrogens is 491 g/mol. The molecule has 192 valence electrons. The highest BCUT2D eigenvalue weighted by atomic mass is 19.4. The number of alkyl halides is 3. The van der Waals surface area contributed by atoms with Crippen LogP contribution in [0.25, 0.3) is 11.1 Å². The van der Waals surface area contributed by atoms with Crippen LogP contribution in [0.4, 0.5) is 18.9 Å². The third-order valence-corrected chi connectivity index (χ3v) is 8.67. The lowest BCUT2D eigenvalue weighted by molar-refractivity contribution is -0.137. The van der Waals surface area contributed by atoms with Gasteiger partial charge in [-0.2, -0.15) is 13.2 Å². The second kappa shape index (κ2) is 8.00. The van der Waals surface area contributed by atoms with Gasteiger partial charge in [-0.25, -0.2) is 4.90 Å². The minimum atomic E-state index is -4.63. The van der Waals surface area contributed by atoms with Gasteiger partial charge in [-0.05, 0) is 53.8 Å². The molecule has 0 unspecified atom stereocenters. The molecule has 38 heavy (non-hydrogen) atoms. The fourth-order valence-corrected chi connectivity index (χ4v) is 7.20. The van der Waals surface area contributed by atoms with Crippen LogP contribution in [0.5, 0.6) is 0 Å². The number of halogens is 3. The predicted octanol–water partition coefficient (Wildman–Crippen LogP) is 6.42. The Hall–Kier alpha value is -4.00. The highest BCUT2D eigenvalue weighted by molar-refractivity contribution is 6.34. The molecule has 6 rings (SSSR count). The van der Waals surface area contributed by atoms with Crippen molar-refractivity contribution < 1.29 is 27.6 Å². The Morgan fingerprint density at radius 3 is 1.87 bits per heavy atom. The van der Waals surface area contributed by atoms with E-state index in [0.717, 1.165) is 33.7 Å². The van der Waals surface area contributed by atoms with Gasteiger partial charge in [0, 0.05) is 0 Å². The zero-order valence-corrected chi connectivity index (χ0v) is 20.8. The number of hydrogen-bond acceptors (Lipinski definition) is 3. The summed E-state index contributed by atoms with van der Waals surface area (Å²) in [5, 5.41) is 0. The van der Waals surface area contributed by atoms with Crippen molar-refractivity contribution in [3.63, 3.8) is 0 Å². The Morgan fingerprint density at radius 1 is 0.763 bits per heavy atom. The molecule has 2 bridgehead atoms. The van der Waals surface area contributed by atoms with Gasteiger partial charge < -0.3 is 0 Å². The molecule has 2 aliphatic carbocycles. The molecular formula is C31H24F3NO3. The summed E-state index contributed by atoms with van der Waals surface area (Å²) in [5.41, 5.74) is -0.664. The van der Waals surface area contributed by atoms with Crippen LogP contribution in [0.15, 0.2) is 84.9 Å². The van der Waals surface area contributed by atoms with Crippen molar-refractivity contribution in [2.24, 2.45) is 22.7 Å². The van der Waals surface area contributed by atoms with E-state index in [1.54, 1.807) is 6.92 Å². The molecule has 0 N–H and O–H groups in total. The molecule has 0 aromatic heterocycles. The minimum absolute atomic E-state index is 0.131. The monoisotopic (exact) mass is 515 g/mol. The molecule has 2 amide bonds. The third kappa shape index (κ3) is 2.90. The van der Waals surface area contributed by atoms with Gasteiger partial charge in [0.2, 0.25) is 11.8 Å². The van der Waals surface area contributed by atoms with Crippen molar-refractivity contribution in [2.75, 3.05) is 4.90 Å². The number of anilines is 1. The number of allylic oxidation sites excluding steroid dienone is 2. The summed E-state index contributed by atoms with van der Waals surface area (Å²) in [6, 6.07) is 23.0. The van der Waals surface area contributed by atoms with E-state index in [-0.39, 0.29) is 17.9 Å². The van der Waals surface area contributed by atoms with E-state index in [1.165, 1.54) is 12.1 Å². The molecule has 1 heterocycles. The Labute approximate surface area is 217 Å². The van der Waals surface area contributed by atoms with Gasteiger partial charge in [-0.3, -0.25) is 14.4 Å². The molecule has 0 spiro atoms. The zero-order chi connectivity index (χ0) is 27.0. The molecule has 1 aliphatic heterocycles. The van der Waals surface area contributed by atoms with Crippen molar-refractivity contribution in [1.29, 1.82) is 0 Å². The largest absolute Gasteiger partial charge is 0.416 e. The van der Waals surface area contributed by atoms with Crippen molar-refractivity contribution >= 4 is 34.4 Å². The molecule has 3 aliphatic rings. The quantitative estimate of drug-likeness (QED) is 0.377. The van der Waals surface area contributed by atoms with E-state index in [9.17, 15) is 27.6 Å². The SMILES string of the molecule is CC[C@@]12C(=O)[C@@](C)(C(c3ccccc3)=C1c1ccccc1)[C@H]1C(=O)N(c3cccc(C(F)(F)F)c3)C(=O)[C@@H]12. The second-order valence-corrected chi connectivity index (χ2v) is 10.4. The fraction of sp³-hybridized carbons (Fsp3) is 0.258. The normalized spacial score (nSPS) is 28.4. The van der Waals surface area contributed by atoms with Crippen LogP contribution >= 0.6 is 0 Å². The van der Waals surface area contributed by atoms with E-state index >= 15 is 0 Å². The number of imide groups is 1. The average molecular weight is 516 g/mol. The number of rotatable bonds is 4. The van der Waals surface area contributed by atoms with Crippen LogP contribution in [-0.4, -0.2) is 17.6 Å². The molecule has 3 aromatic rings. The summed E-state index contributed by atoms with van der Waals surface area (Å²) >= 11 is 0. The third-order valence-electron chi connectivity index (χ3n) is 8.67. The van der Waals surface area contributed by atoms with Crippen LogP contribution in [0, 0.1) is 22.7 Å². The maximum absolute atomic E-state index is 14.4. The Balaban J connectivity index is 1.60. The van der Waals surface area contributed by atoms with E-state index in [1.807, 2.05) is 67.6 Å². The summed E-state index contributed by atoms with van der Waals surface area (Å²) in [6.07, 6.45) is -4.36. The summed E-state index contributed by atoms with van der Waals surface area (Å²) in [7, 11) is 0. The summed E-state index contributed by atoms with van der Waals surface area (Å²) < 4.78 is 40.4. The van der Waals surface area contributed by atoms with Crippen LogP contribution in [0.2, 0.25) is 0 Å². The van der Waals surface area contributed by atoms with Crippen molar-refractivity contribution in [1.82, 2.24) is 0 Å². The minimum Gasteiger partial charge on any atom is -0.298 e. The molecule has 1 saturated heterocycles. The van der Waals surface area contributed by atoms with Crippen LogP contribution in [0.1, 0.15) is 37.0 Å². The second-order valence-electron chi connectivity index (χ2n) is 10.4. The molecule has 1 saturated carbocycles. The Bertz CT molecular complexity index is 1530. The lowest BCUT2D eigenvalue weighted by Crippen LogP contribution is -2.41. The van der Waals surface area contributed by atoms with Gasteiger partial charge >= 0.3 is 6.18 Å². The van der Waals surface area contributed by atoms with Gasteiger partial charge in [0.15, 0.2) is 5.78 Å². The number of carbonyl (C=O) groups is 3. The number of fused-ring (bicyclic) bond motifs is 5. The first-order chi connectivity index (χ1) is 18.1. The van der Waals surface area contributed by atoms with Gasteiger partial charge in [-0.1, -0.05) is 73.7 Å². The number of carbonyl (C=O) groups excluding carboxylic acids is 3. The smallest absolute Gasteiger partial charge is 0.298 e. The average Bonchev–Trinajstić information content (AvgIpc) is 3.39. The van der Waals surface area contributed by atoms with Crippen molar-refractivity contribution in [3.8, 4) is 0 Å². The first kappa shape index (κ1) is 24.3. The zero-order valence-electron chi connectivity index (χ0n) is 20.8. The van der Waals surface area contributed by atoms with Gasteiger partial charge in [-0.15, -0.1) is 0 Å². The molecule has 2 fully saturated rings. The van der Waals surface area contributed by atoms with Gasteiger partial charge in [0.1, 0.15) is 0 Å². The van der Waals surface area contributed by atoms with Crippen molar-refractivity contribution in [2.45, 2.75) is 26.4 Å². The van der Waals surface area contributed by atoms with E-state index in [0.29, 0.717) is 5.57 Å². The van der Waals surface area contributed by atoms with E-state index in [4.69, 9.17) is 0 Å². The lowest BCUT2D eigenvalue weighted by atomic mass is 9.62. The van der Waals surface area contributed by atoms with Crippen LogP contribution in [-0.2, 0) is 20.6 Å². The first-order valence-corrected chi connectivity index (χ1v) is 12.5. The molecule has 4 nitrogen and oxygen atoms in total. The van der Waals surface area contributed by atoms with Gasteiger partial charge in [0.25, 0.3) is 0 Å². The summed E-state index contributed by atoms with van der Waals surface area (Å²) in [4.78, 5) is 43.4. The Kier molecular flexibility index (Phi) is 5.12. The van der Waals surface area contributed by atoms with Crippen LogP contribution < -0.4 is 4.90 Å². The fourth-order valence-electron chi connectivity index (χ4n) is 7.20. The number of ketones is 1. The van der Waals surface area contributed by atoms with Crippen LogP contribution in [0.3, 0.4) is 0 Å². The molecule has 4 atom stereocenters. The summed E-state index contributed by atoms with van der Waals surface area (Å²) in [6.45, 7) is 3.56. The maximum Gasteiger partial charge on any atom is 0.416 e. The highest BCUT2D eigenvalue weighted by Gasteiger charge is 2.79. The van der Waals surface area contributed by atoms with Crippen molar-refractivity contribution in [3.05, 3.63) is 102 Å². The first-order valence-electron chi connectivity index (χ1n) is 12.5. The molecule has 7 heteroatoms. The van der Waals surface area contributed by atoms with E-state index < -0.39 is 46.2 Å². The lowest BCUT2D eigenvalue weighted by Gasteiger charge is -2.37. The number of benzene rings is 3. The van der Waals surface area contributed by atoms with E-state index in [2.05, 4.69) is 0 Å². The summed E-state index contributed by atoms with van der Waals surface area (Å²) in [5.74, 6) is -3.45. The Morgan fingerprint density at radius 2 is 1.32 bits per heavy atom. The van der Waals surface area contributed by atoms with Gasteiger partial charge in [0.05, 0.1) is 33.9 Å². The number of Topliss-reactive ketones (excluding diaryl/α,β-unsaturated/α-hetero) is 1. The topological polar surface area (TPSA) is 54.5 Å².